The Morgan fingerprint density at radius 3 is 2.65 bits per heavy atom. The molecule has 0 radical (unpaired) electrons. The smallest absolute Gasteiger partial charge is 0.251 e. The molecule has 0 aliphatic rings. The highest BCUT2D eigenvalue weighted by atomic mass is 16.5. The standard InChI is InChI=1S/C31H35N3O3/c1-4-9-24-15-18-28(29(22-24)36-3)37-21-8-20-34-27-11-6-5-10-26(27)33-30(34)12-7-19-32-31(35)25-16-13-23(2)14-17-25/h4-6,10-11,13-18,22H,1,7-9,12,19-21H2,2-3H3,(H,32,35). The Morgan fingerprint density at radius 2 is 1.86 bits per heavy atom. The second-order valence-electron chi connectivity index (χ2n) is 9.07. The maximum absolute atomic E-state index is 12.4. The van der Waals surface area contributed by atoms with Crippen molar-refractivity contribution in [1.82, 2.24) is 14.9 Å². The van der Waals surface area contributed by atoms with E-state index in [1.54, 1.807) is 7.11 Å². The second kappa shape index (κ2) is 12.8. The van der Waals surface area contributed by atoms with Gasteiger partial charge < -0.3 is 19.4 Å². The van der Waals surface area contributed by atoms with E-state index in [0.29, 0.717) is 18.7 Å². The summed E-state index contributed by atoms with van der Waals surface area (Å²) in [6.45, 7) is 7.77. The number of rotatable bonds is 13. The number of aryl methyl sites for hydroxylation is 3. The van der Waals surface area contributed by atoms with E-state index in [1.165, 1.54) is 0 Å². The number of hydrogen-bond acceptors (Lipinski definition) is 4. The molecule has 0 fully saturated rings. The zero-order valence-electron chi connectivity index (χ0n) is 21.7. The van der Waals surface area contributed by atoms with Crippen molar-refractivity contribution in [2.24, 2.45) is 0 Å². The molecule has 1 heterocycles. The number of para-hydroxylation sites is 2. The Bertz CT molecular complexity index is 1340. The van der Waals surface area contributed by atoms with Crippen LogP contribution >= 0.6 is 0 Å². The van der Waals surface area contributed by atoms with Crippen LogP contribution in [0.2, 0.25) is 0 Å². The Balaban J connectivity index is 1.33. The van der Waals surface area contributed by atoms with Crippen LogP contribution in [0.4, 0.5) is 0 Å². The number of nitrogens with one attached hydrogen (secondary N) is 1. The van der Waals surface area contributed by atoms with Crippen molar-refractivity contribution in [3.8, 4) is 11.5 Å². The van der Waals surface area contributed by atoms with Gasteiger partial charge >= 0.3 is 0 Å². The number of nitrogens with zero attached hydrogens (tertiary/aromatic N) is 2. The molecule has 1 amide bonds. The summed E-state index contributed by atoms with van der Waals surface area (Å²) in [5.74, 6) is 2.46. The van der Waals surface area contributed by atoms with E-state index in [-0.39, 0.29) is 5.91 Å². The highest BCUT2D eigenvalue weighted by molar-refractivity contribution is 5.94. The number of allylic oxidation sites excluding steroid dienone is 1. The van der Waals surface area contributed by atoms with Crippen molar-refractivity contribution in [3.63, 3.8) is 0 Å². The lowest BCUT2D eigenvalue weighted by atomic mass is 10.1. The molecule has 0 unspecified atom stereocenters. The van der Waals surface area contributed by atoms with Crippen LogP contribution in [0.3, 0.4) is 0 Å². The summed E-state index contributed by atoms with van der Waals surface area (Å²) in [5, 5.41) is 3.02. The predicted octanol–water partition coefficient (Wildman–Crippen LogP) is 5.91. The molecule has 6 heteroatoms. The summed E-state index contributed by atoms with van der Waals surface area (Å²) in [6.07, 6.45) is 5.09. The summed E-state index contributed by atoms with van der Waals surface area (Å²) in [5.41, 5.74) is 5.07. The third-order valence-corrected chi connectivity index (χ3v) is 6.30. The van der Waals surface area contributed by atoms with Gasteiger partial charge in [0.15, 0.2) is 11.5 Å². The van der Waals surface area contributed by atoms with Crippen molar-refractivity contribution in [3.05, 3.63) is 102 Å². The second-order valence-corrected chi connectivity index (χ2v) is 9.07. The Labute approximate surface area is 218 Å². The minimum absolute atomic E-state index is 0.0430. The number of aromatic nitrogens is 2. The van der Waals surface area contributed by atoms with Crippen LogP contribution in [0.15, 0.2) is 79.4 Å². The van der Waals surface area contributed by atoms with Crippen LogP contribution in [0, 0.1) is 6.92 Å². The SMILES string of the molecule is C=CCc1ccc(OCCCn2c(CCCNC(=O)c3ccc(C)cc3)nc3ccccc32)c(OC)c1. The normalized spacial score (nSPS) is 10.9. The third-order valence-electron chi connectivity index (χ3n) is 6.30. The minimum Gasteiger partial charge on any atom is -0.493 e. The molecule has 4 rings (SSSR count). The highest BCUT2D eigenvalue weighted by Crippen LogP contribution is 2.28. The predicted molar refractivity (Wildman–Crippen MR) is 149 cm³/mol. The van der Waals surface area contributed by atoms with Gasteiger partial charge in [-0.25, -0.2) is 4.98 Å². The number of ether oxygens (including phenoxy) is 2. The summed E-state index contributed by atoms with van der Waals surface area (Å²) in [6, 6.07) is 21.8. The molecular weight excluding hydrogens is 462 g/mol. The van der Waals surface area contributed by atoms with E-state index >= 15 is 0 Å². The molecule has 1 aromatic heterocycles. The fourth-order valence-corrected chi connectivity index (χ4v) is 4.35. The van der Waals surface area contributed by atoms with Crippen LogP contribution in [0.1, 0.15) is 40.2 Å². The van der Waals surface area contributed by atoms with E-state index < -0.39 is 0 Å². The Hall–Kier alpha value is -4.06. The number of fused-ring (bicyclic) bond motifs is 1. The number of amides is 1. The van der Waals surface area contributed by atoms with Crippen molar-refractivity contribution in [2.75, 3.05) is 20.3 Å². The average molecular weight is 498 g/mol. The van der Waals surface area contributed by atoms with Gasteiger partial charge in [0.05, 0.1) is 24.8 Å². The number of imidazole rings is 1. The molecule has 0 atom stereocenters. The molecule has 0 spiro atoms. The molecule has 0 saturated carbocycles. The molecule has 192 valence electrons. The lowest BCUT2D eigenvalue weighted by Crippen LogP contribution is -2.25. The molecule has 37 heavy (non-hydrogen) atoms. The monoisotopic (exact) mass is 497 g/mol. The molecular formula is C31H35N3O3. The molecule has 0 saturated heterocycles. The molecule has 0 bridgehead atoms. The molecule has 6 nitrogen and oxygen atoms in total. The van der Waals surface area contributed by atoms with Crippen molar-refractivity contribution in [1.29, 1.82) is 0 Å². The third kappa shape index (κ3) is 6.79. The van der Waals surface area contributed by atoms with Gasteiger partial charge in [0, 0.05) is 25.1 Å². The summed E-state index contributed by atoms with van der Waals surface area (Å²) < 4.78 is 13.8. The van der Waals surface area contributed by atoms with E-state index in [2.05, 4.69) is 22.5 Å². The lowest BCUT2D eigenvalue weighted by molar-refractivity contribution is 0.0953. The minimum atomic E-state index is -0.0430. The fraction of sp³-hybridized carbons (Fsp3) is 0.290. The number of methoxy groups -OCH3 is 1. The van der Waals surface area contributed by atoms with E-state index in [0.717, 1.165) is 71.7 Å². The van der Waals surface area contributed by atoms with Gasteiger partial charge in [-0.3, -0.25) is 4.79 Å². The van der Waals surface area contributed by atoms with E-state index in [1.807, 2.05) is 73.7 Å². The van der Waals surface area contributed by atoms with Gasteiger partial charge in [0.25, 0.3) is 5.91 Å². The highest BCUT2D eigenvalue weighted by Gasteiger charge is 2.12. The number of hydrogen-bond donors (Lipinski definition) is 1. The van der Waals surface area contributed by atoms with Gasteiger partial charge in [0.2, 0.25) is 0 Å². The van der Waals surface area contributed by atoms with Crippen LogP contribution < -0.4 is 14.8 Å². The van der Waals surface area contributed by atoms with E-state index in [9.17, 15) is 4.79 Å². The lowest BCUT2D eigenvalue weighted by Gasteiger charge is -2.13. The zero-order chi connectivity index (χ0) is 26.0. The topological polar surface area (TPSA) is 65.4 Å². The molecule has 4 aromatic rings. The van der Waals surface area contributed by atoms with Gasteiger partial charge in [0.1, 0.15) is 5.82 Å². The van der Waals surface area contributed by atoms with Gasteiger partial charge in [-0.2, -0.15) is 0 Å². The maximum atomic E-state index is 12.4. The summed E-state index contributed by atoms with van der Waals surface area (Å²) in [7, 11) is 1.66. The van der Waals surface area contributed by atoms with Gasteiger partial charge in [-0.1, -0.05) is 42.0 Å². The number of carbonyl (C=O) groups excluding carboxylic acids is 1. The summed E-state index contributed by atoms with van der Waals surface area (Å²) in [4.78, 5) is 17.3. The fourth-order valence-electron chi connectivity index (χ4n) is 4.35. The van der Waals surface area contributed by atoms with E-state index in [4.69, 9.17) is 14.5 Å². The number of carbonyl (C=O) groups is 1. The van der Waals surface area contributed by atoms with Crippen molar-refractivity contribution >= 4 is 16.9 Å². The zero-order valence-corrected chi connectivity index (χ0v) is 21.7. The first-order chi connectivity index (χ1) is 18.1. The Morgan fingerprint density at radius 1 is 1.05 bits per heavy atom. The number of benzene rings is 3. The quantitative estimate of drug-likeness (QED) is 0.184. The molecule has 0 aliphatic carbocycles. The first-order valence-corrected chi connectivity index (χ1v) is 12.8. The maximum Gasteiger partial charge on any atom is 0.251 e. The Kier molecular flexibility index (Phi) is 8.98. The van der Waals surface area contributed by atoms with Crippen LogP contribution in [-0.4, -0.2) is 35.7 Å². The molecule has 0 aliphatic heterocycles. The van der Waals surface area contributed by atoms with Crippen molar-refractivity contribution < 1.29 is 14.3 Å². The van der Waals surface area contributed by atoms with Crippen LogP contribution in [0.25, 0.3) is 11.0 Å². The van der Waals surface area contributed by atoms with Crippen LogP contribution in [-0.2, 0) is 19.4 Å². The van der Waals surface area contributed by atoms with Gasteiger partial charge in [-0.15, -0.1) is 6.58 Å². The molecule has 1 N–H and O–H groups in total. The van der Waals surface area contributed by atoms with Gasteiger partial charge in [-0.05, 0) is 68.1 Å². The largest absolute Gasteiger partial charge is 0.493 e. The average Bonchev–Trinajstić information content (AvgIpc) is 3.27. The van der Waals surface area contributed by atoms with Crippen molar-refractivity contribution in [2.45, 2.75) is 39.2 Å². The summed E-state index contributed by atoms with van der Waals surface area (Å²) >= 11 is 0. The first kappa shape index (κ1) is 26.0. The molecule has 3 aromatic carbocycles. The van der Waals surface area contributed by atoms with Crippen LogP contribution in [0.5, 0.6) is 11.5 Å². The first-order valence-electron chi connectivity index (χ1n) is 12.8.